The molecule has 0 amide bonds. The highest BCUT2D eigenvalue weighted by Gasteiger charge is 2.30. The third-order valence-electron chi connectivity index (χ3n) is 3.83. The lowest BCUT2D eigenvalue weighted by Gasteiger charge is -2.36. The predicted molar refractivity (Wildman–Crippen MR) is 56.7 cm³/mol. The molecule has 0 aromatic rings. The van der Waals surface area contributed by atoms with Gasteiger partial charge in [-0.15, -0.1) is 0 Å². The Hall–Kier alpha value is -0.0400. The molecule has 1 atom stereocenters. The largest absolute Gasteiger partial charge is 0.314 e. The third-order valence-corrected chi connectivity index (χ3v) is 3.83. The minimum Gasteiger partial charge on any atom is -0.314 e. The number of hydrogen-bond acceptors (Lipinski definition) is 1. The van der Waals surface area contributed by atoms with Gasteiger partial charge in [0.2, 0.25) is 0 Å². The SMILES string of the molecule is CC(C)C(CNC1CC1)C1CCC1. The van der Waals surface area contributed by atoms with Crippen LogP contribution in [0, 0.1) is 17.8 Å². The van der Waals surface area contributed by atoms with Crippen LogP contribution >= 0.6 is 0 Å². The van der Waals surface area contributed by atoms with E-state index in [1.807, 2.05) is 0 Å². The molecular weight excluding hydrogens is 158 g/mol. The van der Waals surface area contributed by atoms with Crippen molar-refractivity contribution in [3.8, 4) is 0 Å². The lowest BCUT2D eigenvalue weighted by molar-refractivity contribution is 0.156. The molecule has 1 heteroatoms. The second kappa shape index (κ2) is 4.00. The van der Waals surface area contributed by atoms with E-state index in [0.29, 0.717) is 0 Å². The maximum atomic E-state index is 3.69. The van der Waals surface area contributed by atoms with Gasteiger partial charge in [-0.3, -0.25) is 0 Å². The lowest BCUT2D eigenvalue weighted by Crippen LogP contribution is -2.35. The average Bonchev–Trinajstić information content (AvgIpc) is 2.75. The van der Waals surface area contributed by atoms with Crippen LogP contribution in [-0.4, -0.2) is 12.6 Å². The summed E-state index contributed by atoms with van der Waals surface area (Å²) in [6.45, 7) is 6.06. The molecule has 1 nitrogen and oxygen atoms in total. The molecule has 2 aliphatic carbocycles. The van der Waals surface area contributed by atoms with Crippen molar-refractivity contribution < 1.29 is 0 Å². The van der Waals surface area contributed by atoms with E-state index >= 15 is 0 Å². The van der Waals surface area contributed by atoms with Crippen LogP contribution in [0.4, 0.5) is 0 Å². The van der Waals surface area contributed by atoms with Crippen molar-refractivity contribution in [3.05, 3.63) is 0 Å². The molecule has 13 heavy (non-hydrogen) atoms. The van der Waals surface area contributed by atoms with E-state index in [9.17, 15) is 0 Å². The first-order valence-electron chi connectivity index (χ1n) is 6.00. The Labute approximate surface area is 82.3 Å². The van der Waals surface area contributed by atoms with Gasteiger partial charge in [0.05, 0.1) is 0 Å². The van der Waals surface area contributed by atoms with Gasteiger partial charge in [0.25, 0.3) is 0 Å². The molecule has 0 heterocycles. The molecule has 0 aliphatic heterocycles. The Kier molecular flexibility index (Phi) is 2.92. The van der Waals surface area contributed by atoms with Crippen LogP contribution in [0.2, 0.25) is 0 Å². The Bertz CT molecular complexity index is 157. The van der Waals surface area contributed by atoms with E-state index in [4.69, 9.17) is 0 Å². The van der Waals surface area contributed by atoms with Crippen molar-refractivity contribution in [3.63, 3.8) is 0 Å². The van der Waals surface area contributed by atoms with E-state index in [-0.39, 0.29) is 0 Å². The van der Waals surface area contributed by atoms with Crippen LogP contribution in [0.3, 0.4) is 0 Å². The molecule has 2 aliphatic rings. The van der Waals surface area contributed by atoms with Crippen molar-refractivity contribution in [2.45, 2.75) is 52.0 Å². The predicted octanol–water partition coefficient (Wildman–Crippen LogP) is 2.81. The van der Waals surface area contributed by atoms with Gasteiger partial charge in [-0.2, -0.15) is 0 Å². The Balaban J connectivity index is 1.73. The summed E-state index contributed by atoms with van der Waals surface area (Å²) in [5, 5.41) is 3.69. The zero-order valence-corrected chi connectivity index (χ0v) is 9.05. The van der Waals surface area contributed by atoms with E-state index < -0.39 is 0 Å². The first-order valence-corrected chi connectivity index (χ1v) is 6.00. The van der Waals surface area contributed by atoms with Crippen LogP contribution in [-0.2, 0) is 0 Å². The van der Waals surface area contributed by atoms with Crippen molar-refractivity contribution >= 4 is 0 Å². The molecule has 1 unspecified atom stereocenters. The fourth-order valence-corrected chi connectivity index (χ4v) is 2.40. The lowest BCUT2D eigenvalue weighted by atomic mass is 9.71. The summed E-state index contributed by atoms with van der Waals surface area (Å²) in [7, 11) is 0. The van der Waals surface area contributed by atoms with E-state index in [1.54, 1.807) is 0 Å². The second-order valence-electron chi connectivity index (χ2n) is 5.28. The summed E-state index contributed by atoms with van der Waals surface area (Å²) in [6, 6.07) is 0.890. The van der Waals surface area contributed by atoms with Gasteiger partial charge in [-0.1, -0.05) is 33.1 Å². The minimum absolute atomic E-state index is 0.872. The van der Waals surface area contributed by atoms with Crippen LogP contribution in [0.1, 0.15) is 46.0 Å². The summed E-state index contributed by atoms with van der Waals surface area (Å²) in [5.41, 5.74) is 0. The Morgan fingerprint density at radius 1 is 1.15 bits per heavy atom. The average molecular weight is 181 g/mol. The topological polar surface area (TPSA) is 12.0 Å². The van der Waals surface area contributed by atoms with Gasteiger partial charge in [-0.05, 0) is 37.1 Å². The number of nitrogens with one attached hydrogen (secondary N) is 1. The van der Waals surface area contributed by atoms with Gasteiger partial charge in [-0.25, -0.2) is 0 Å². The Morgan fingerprint density at radius 2 is 1.85 bits per heavy atom. The summed E-state index contributed by atoms with van der Waals surface area (Å²) in [6.07, 6.45) is 7.33. The molecule has 2 fully saturated rings. The Morgan fingerprint density at radius 3 is 2.23 bits per heavy atom. The van der Waals surface area contributed by atoms with Crippen molar-refractivity contribution in [2.24, 2.45) is 17.8 Å². The minimum atomic E-state index is 0.872. The molecule has 0 aromatic carbocycles. The first-order chi connectivity index (χ1) is 6.27. The fraction of sp³-hybridized carbons (Fsp3) is 1.00. The zero-order valence-electron chi connectivity index (χ0n) is 9.05. The summed E-state index contributed by atoms with van der Waals surface area (Å²) in [5.74, 6) is 2.87. The second-order valence-corrected chi connectivity index (χ2v) is 5.28. The van der Waals surface area contributed by atoms with E-state index in [2.05, 4.69) is 19.2 Å². The third kappa shape index (κ3) is 2.46. The molecular formula is C12H23N. The fourth-order valence-electron chi connectivity index (χ4n) is 2.40. The molecule has 76 valence electrons. The highest BCUT2D eigenvalue weighted by molar-refractivity contribution is 4.86. The highest BCUT2D eigenvalue weighted by Crippen LogP contribution is 2.37. The number of hydrogen-bond donors (Lipinski definition) is 1. The van der Waals surface area contributed by atoms with E-state index in [1.165, 1.54) is 38.6 Å². The van der Waals surface area contributed by atoms with E-state index in [0.717, 1.165) is 23.8 Å². The summed E-state index contributed by atoms with van der Waals surface area (Å²) >= 11 is 0. The first kappa shape index (κ1) is 9.51. The molecule has 2 saturated carbocycles. The zero-order chi connectivity index (χ0) is 9.26. The van der Waals surface area contributed by atoms with Crippen LogP contribution < -0.4 is 5.32 Å². The molecule has 0 radical (unpaired) electrons. The molecule has 1 N–H and O–H groups in total. The normalized spacial score (nSPS) is 26.1. The van der Waals surface area contributed by atoms with Gasteiger partial charge in [0.1, 0.15) is 0 Å². The monoisotopic (exact) mass is 181 g/mol. The van der Waals surface area contributed by atoms with Gasteiger partial charge in [0, 0.05) is 6.04 Å². The van der Waals surface area contributed by atoms with Gasteiger partial charge >= 0.3 is 0 Å². The smallest absolute Gasteiger partial charge is 0.00683 e. The van der Waals surface area contributed by atoms with Gasteiger partial charge < -0.3 is 5.32 Å². The molecule has 0 aromatic heterocycles. The van der Waals surface area contributed by atoms with Crippen molar-refractivity contribution in [1.82, 2.24) is 5.32 Å². The standard InChI is InChI=1S/C12H23N/c1-9(2)12(10-4-3-5-10)8-13-11-6-7-11/h9-13H,3-8H2,1-2H3. The molecule has 2 rings (SSSR count). The molecule has 0 bridgehead atoms. The van der Waals surface area contributed by atoms with Crippen LogP contribution in [0.5, 0.6) is 0 Å². The highest BCUT2D eigenvalue weighted by atomic mass is 14.9. The number of rotatable bonds is 5. The van der Waals surface area contributed by atoms with Crippen molar-refractivity contribution in [2.75, 3.05) is 6.54 Å². The molecule has 0 spiro atoms. The van der Waals surface area contributed by atoms with Crippen LogP contribution in [0.25, 0.3) is 0 Å². The van der Waals surface area contributed by atoms with Crippen molar-refractivity contribution in [1.29, 1.82) is 0 Å². The molecule has 0 saturated heterocycles. The summed E-state index contributed by atoms with van der Waals surface area (Å²) < 4.78 is 0. The van der Waals surface area contributed by atoms with Gasteiger partial charge in [0.15, 0.2) is 0 Å². The maximum Gasteiger partial charge on any atom is 0.00683 e. The summed E-state index contributed by atoms with van der Waals surface area (Å²) in [4.78, 5) is 0. The quantitative estimate of drug-likeness (QED) is 0.687. The van der Waals surface area contributed by atoms with Crippen LogP contribution in [0.15, 0.2) is 0 Å². The maximum absolute atomic E-state index is 3.69.